The number of methoxy groups -OCH3 is 2. The number of halogens is 1. The first-order valence-corrected chi connectivity index (χ1v) is 11.5. The number of rotatable bonds is 6. The van der Waals surface area contributed by atoms with Gasteiger partial charge in [0.15, 0.2) is 23.1 Å². The van der Waals surface area contributed by atoms with Gasteiger partial charge in [0.1, 0.15) is 6.10 Å². The molecule has 0 aliphatic carbocycles. The number of nitrogens with one attached hydrogen (secondary N) is 1. The molecule has 2 aliphatic heterocycles. The fourth-order valence-electron chi connectivity index (χ4n) is 4.69. The molecule has 0 atom stereocenters. The van der Waals surface area contributed by atoms with Gasteiger partial charge in [-0.2, -0.15) is 0 Å². The van der Waals surface area contributed by atoms with E-state index in [2.05, 4.69) is 10.2 Å². The molecule has 0 unspecified atom stereocenters. The molecule has 33 heavy (non-hydrogen) atoms. The van der Waals surface area contributed by atoms with Crippen LogP contribution in [0.2, 0.25) is 0 Å². The maximum absolute atomic E-state index is 13.8. The topological polar surface area (TPSA) is 63.3 Å². The Hall–Kier alpha value is -3.00. The Morgan fingerprint density at radius 3 is 2.27 bits per heavy atom. The summed E-state index contributed by atoms with van der Waals surface area (Å²) in [5.41, 5.74) is 0.598. The van der Waals surface area contributed by atoms with Gasteiger partial charge in [-0.1, -0.05) is 18.2 Å². The number of piperidine rings is 2. The average Bonchev–Trinajstić information content (AvgIpc) is 2.86. The van der Waals surface area contributed by atoms with Crippen molar-refractivity contribution in [3.05, 3.63) is 48.3 Å². The van der Waals surface area contributed by atoms with Crippen molar-refractivity contribution in [2.45, 2.75) is 37.8 Å². The number of ether oxygens (including phenoxy) is 3. The number of urea groups is 1. The van der Waals surface area contributed by atoms with Crippen LogP contribution in [0.15, 0.2) is 42.5 Å². The van der Waals surface area contributed by atoms with Gasteiger partial charge in [0.2, 0.25) is 0 Å². The summed E-state index contributed by atoms with van der Waals surface area (Å²) in [7, 11) is 3.13. The number of benzene rings is 2. The molecule has 2 saturated heterocycles. The van der Waals surface area contributed by atoms with E-state index in [1.165, 1.54) is 6.07 Å². The fraction of sp³-hybridized carbons (Fsp3) is 0.480. The summed E-state index contributed by atoms with van der Waals surface area (Å²) in [6.45, 7) is 3.26. The van der Waals surface area contributed by atoms with E-state index in [1.54, 1.807) is 44.6 Å². The van der Waals surface area contributed by atoms with Gasteiger partial charge in [-0.15, -0.1) is 0 Å². The maximum Gasteiger partial charge on any atom is 0.321 e. The van der Waals surface area contributed by atoms with E-state index in [0.717, 1.165) is 38.8 Å². The van der Waals surface area contributed by atoms with Gasteiger partial charge in [0, 0.05) is 32.2 Å². The Kier molecular flexibility index (Phi) is 7.54. The Labute approximate surface area is 194 Å². The number of hydrogen-bond acceptors (Lipinski definition) is 5. The first-order valence-electron chi connectivity index (χ1n) is 11.5. The first kappa shape index (κ1) is 23.2. The Morgan fingerprint density at radius 1 is 0.909 bits per heavy atom. The van der Waals surface area contributed by atoms with Crippen LogP contribution >= 0.6 is 0 Å². The van der Waals surface area contributed by atoms with Gasteiger partial charge in [-0.3, -0.25) is 4.90 Å². The van der Waals surface area contributed by atoms with E-state index in [-0.39, 0.29) is 18.0 Å². The van der Waals surface area contributed by atoms with Crippen molar-refractivity contribution >= 4 is 11.7 Å². The third kappa shape index (κ3) is 5.50. The zero-order chi connectivity index (χ0) is 23.2. The highest BCUT2D eigenvalue weighted by molar-refractivity contribution is 5.91. The highest BCUT2D eigenvalue weighted by Gasteiger charge is 2.30. The van der Waals surface area contributed by atoms with Crippen molar-refractivity contribution in [1.29, 1.82) is 0 Å². The minimum Gasteiger partial charge on any atom is -0.493 e. The van der Waals surface area contributed by atoms with Crippen molar-refractivity contribution in [3.8, 4) is 17.2 Å². The number of para-hydroxylation sites is 2. The minimum atomic E-state index is -0.308. The first-order chi connectivity index (χ1) is 16.1. The SMILES string of the molecule is COc1cccc(NC(=O)N2CCC(N3CCC(Oc4ccccc4F)CC3)CC2)c1OC. The van der Waals surface area contributed by atoms with E-state index in [0.29, 0.717) is 42.1 Å². The van der Waals surface area contributed by atoms with Crippen LogP contribution in [0, 0.1) is 5.82 Å². The lowest BCUT2D eigenvalue weighted by molar-refractivity contribution is 0.0529. The van der Waals surface area contributed by atoms with Crippen molar-refractivity contribution in [3.63, 3.8) is 0 Å². The van der Waals surface area contributed by atoms with Gasteiger partial charge in [-0.05, 0) is 49.9 Å². The molecule has 8 heteroatoms. The van der Waals surface area contributed by atoms with E-state index < -0.39 is 0 Å². The predicted octanol–water partition coefficient (Wildman–Crippen LogP) is 4.38. The molecule has 1 N–H and O–H groups in total. The summed E-state index contributed by atoms with van der Waals surface area (Å²) in [5.74, 6) is 1.13. The van der Waals surface area contributed by atoms with Crippen LogP contribution in [-0.2, 0) is 0 Å². The molecule has 2 heterocycles. The number of anilines is 1. The number of carbonyl (C=O) groups is 1. The highest BCUT2D eigenvalue weighted by Crippen LogP contribution is 2.35. The lowest BCUT2D eigenvalue weighted by Gasteiger charge is -2.41. The molecule has 0 saturated carbocycles. The minimum absolute atomic E-state index is 0.0434. The van der Waals surface area contributed by atoms with E-state index >= 15 is 0 Å². The van der Waals surface area contributed by atoms with E-state index in [9.17, 15) is 9.18 Å². The standard InChI is InChI=1S/C25H32FN3O4/c1-31-23-9-5-7-21(24(23)32-2)27-25(30)29-14-10-18(11-15-29)28-16-12-19(13-17-28)33-22-8-4-3-6-20(22)26/h3-9,18-19H,10-17H2,1-2H3,(H,27,30). The molecule has 4 rings (SSSR count). The maximum atomic E-state index is 13.8. The van der Waals surface area contributed by atoms with Crippen LogP contribution < -0.4 is 19.5 Å². The predicted molar refractivity (Wildman–Crippen MR) is 125 cm³/mol. The number of amides is 2. The molecule has 2 aromatic carbocycles. The molecule has 0 aromatic heterocycles. The molecule has 2 aromatic rings. The summed E-state index contributed by atoms with van der Waals surface area (Å²) in [5, 5.41) is 2.95. The molecule has 0 radical (unpaired) electrons. The lowest BCUT2D eigenvalue weighted by atomic mass is 9.99. The van der Waals surface area contributed by atoms with E-state index in [1.807, 2.05) is 11.0 Å². The Morgan fingerprint density at radius 2 is 1.61 bits per heavy atom. The summed E-state index contributed by atoms with van der Waals surface area (Å²) in [6, 6.07) is 12.3. The van der Waals surface area contributed by atoms with Gasteiger partial charge < -0.3 is 24.4 Å². The zero-order valence-electron chi connectivity index (χ0n) is 19.3. The second-order valence-electron chi connectivity index (χ2n) is 8.47. The number of nitrogens with zero attached hydrogens (tertiary/aromatic N) is 2. The Bertz CT molecular complexity index is 941. The average molecular weight is 458 g/mol. The normalized spacial score (nSPS) is 18.1. The molecule has 178 valence electrons. The van der Waals surface area contributed by atoms with Crippen molar-refractivity contribution in [2.75, 3.05) is 45.7 Å². The van der Waals surface area contributed by atoms with Crippen LogP contribution in [0.4, 0.5) is 14.9 Å². The summed E-state index contributed by atoms with van der Waals surface area (Å²) >= 11 is 0. The summed E-state index contributed by atoms with van der Waals surface area (Å²) in [4.78, 5) is 17.2. The molecular formula is C25H32FN3O4. The van der Waals surface area contributed by atoms with Crippen LogP contribution in [0.3, 0.4) is 0 Å². The number of carbonyl (C=O) groups excluding carboxylic acids is 1. The molecule has 2 amide bonds. The second kappa shape index (κ2) is 10.7. The van der Waals surface area contributed by atoms with Crippen molar-refractivity contribution < 1.29 is 23.4 Å². The molecule has 0 bridgehead atoms. The lowest BCUT2D eigenvalue weighted by Crippen LogP contribution is -2.50. The van der Waals surface area contributed by atoms with Crippen LogP contribution in [-0.4, -0.2) is 68.4 Å². The van der Waals surface area contributed by atoms with E-state index in [4.69, 9.17) is 14.2 Å². The van der Waals surface area contributed by atoms with Crippen LogP contribution in [0.25, 0.3) is 0 Å². The monoisotopic (exact) mass is 457 g/mol. The van der Waals surface area contributed by atoms with Crippen LogP contribution in [0.5, 0.6) is 17.2 Å². The Balaban J connectivity index is 1.24. The van der Waals surface area contributed by atoms with Gasteiger partial charge in [0.05, 0.1) is 19.9 Å². The van der Waals surface area contributed by atoms with Crippen molar-refractivity contribution in [1.82, 2.24) is 9.80 Å². The third-order valence-corrected chi connectivity index (χ3v) is 6.52. The molecular weight excluding hydrogens is 425 g/mol. The molecule has 0 spiro atoms. The smallest absolute Gasteiger partial charge is 0.321 e. The molecule has 7 nitrogen and oxygen atoms in total. The van der Waals surface area contributed by atoms with Gasteiger partial charge in [-0.25, -0.2) is 9.18 Å². The third-order valence-electron chi connectivity index (χ3n) is 6.52. The zero-order valence-corrected chi connectivity index (χ0v) is 19.3. The largest absolute Gasteiger partial charge is 0.493 e. The van der Waals surface area contributed by atoms with Gasteiger partial charge in [0.25, 0.3) is 0 Å². The summed E-state index contributed by atoms with van der Waals surface area (Å²) in [6.07, 6.45) is 3.67. The molecule has 2 fully saturated rings. The molecule has 2 aliphatic rings. The highest BCUT2D eigenvalue weighted by atomic mass is 19.1. The quantitative estimate of drug-likeness (QED) is 0.698. The summed E-state index contributed by atoms with van der Waals surface area (Å²) < 4.78 is 30.4. The number of hydrogen-bond donors (Lipinski definition) is 1. The van der Waals surface area contributed by atoms with Crippen molar-refractivity contribution in [2.24, 2.45) is 0 Å². The fourth-order valence-corrected chi connectivity index (χ4v) is 4.69. The number of likely N-dealkylation sites (tertiary alicyclic amines) is 2. The second-order valence-corrected chi connectivity index (χ2v) is 8.47. The van der Waals surface area contributed by atoms with Crippen LogP contribution in [0.1, 0.15) is 25.7 Å². The van der Waals surface area contributed by atoms with Gasteiger partial charge >= 0.3 is 6.03 Å².